The zero-order chi connectivity index (χ0) is 22.2. The Bertz CT molecular complexity index is 791. The van der Waals surface area contributed by atoms with Crippen LogP contribution in [0.3, 0.4) is 0 Å². The smallest absolute Gasteiger partial charge is 0.428 e. The number of methoxy groups -OCH3 is 1. The first kappa shape index (κ1) is 23.7. The predicted molar refractivity (Wildman–Crippen MR) is 109 cm³/mol. The largest absolute Gasteiger partial charge is 0.504 e. The third-order valence-electron chi connectivity index (χ3n) is 2.87. The van der Waals surface area contributed by atoms with Crippen molar-refractivity contribution >= 4 is 24.6 Å². The number of carbonyl (C=O) groups excluding carboxylic acids is 2. The van der Waals surface area contributed by atoms with Crippen molar-refractivity contribution in [3.8, 4) is 11.5 Å². The van der Waals surface area contributed by atoms with Gasteiger partial charge in [-0.05, 0) is 59.2 Å². The topological polar surface area (TPSA) is 131 Å². The molecule has 0 radical (unpaired) electrons. The molecule has 0 bridgehead atoms. The summed E-state index contributed by atoms with van der Waals surface area (Å²) in [4.78, 5) is 23.2. The molecule has 160 valence electrons. The summed E-state index contributed by atoms with van der Waals surface area (Å²) in [5, 5.41) is 17.8. The molecule has 0 aliphatic heterocycles. The molecule has 0 unspecified atom stereocenters. The number of nitrogens with one attached hydrogen (secondary N) is 2. The Morgan fingerprint density at radius 3 is 1.86 bits per heavy atom. The normalized spacial score (nSPS) is 12.1. The quantitative estimate of drug-likeness (QED) is 0.507. The van der Waals surface area contributed by atoms with Gasteiger partial charge in [0.05, 0.1) is 19.5 Å². The standard InChI is InChI=1S/C19H28N4O6/c1-18(2,3)28-16(25)22-20-10-12-8-13(15(24)14(9-12)27-7)11-21-23-17(26)29-19(4,5)6/h8-11,24H,1-7H3,(H,22,25)(H,23,26). The minimum absolute atomic E-state index is 0.157. The lowest BCUT2D eigenvalue weighted by molar-refractivity contribution is 0.0518. The number of nitrogens with zero attached hydrogens (tertiary/aromatic N) is 2. The molecule has 0 aliphatic carbocycles. The Morgan fingerprint density at radius 2 is 1.41 bits per heavy atom. The maximum absolute atomic E-state index is 11.6. The maximum atomic E-state index is 11.6. The number of phenolic OH excluding ortho intramolecular Hbond substituents is 1. The average molecular weight is 408 g/mol. The zero-order valence-electron chi connectivity index (χ0n) is 17.7. The van der Waals surface area contributed by atoms with Crippen molar-refractivity contribution < 1.29 is 28.9 Å². The molecule has 3 N–H and O–H groups in total. The van der Waals surface area contributed by atoms with E-state index in [0.29, 0.717) is 5.56 Å². The van der Waals surface area contributed by atoms with Crippen LogP contribution in [0, 0.1) is 0 Å². The van der Waals surface area contributed by atoms with E-state index in [1.807, 2.05) is 0 Å². The van der Waals surface area contributed by atoms with Crippen molar-refractivity contribution in [3.05, 3.63) is 23.3 Å². The lowest BCUT2D eigenvalue weighted by atomic mass is 10.1. The molecule has 10 nitrogen and oxygen atoms in total. The van der Waals surface area contributed by atoms with Crippen molar-refractivity contribution in [2.24, 2.45) is 10.2 Å². The molecule has 0 fully saturated rings. The summed E-state index contributed by atoms with van der Waals surface area (Å²) in [5.41, 5.74) is 3.87. The van der Waals surface area contributed by atoms with Crippen LogP contribution in [-0.4, -0.2) is 48.0 Å². The van der Waals surface area contributed by atoms with Gasteiger partial charge in [-0.1, -0.05) is 0 Å². The molecule has 1 aromatic carbocycles. The minimum atomic E-state index is -0.737. The molecular formula is C19H28N4O6. The van der Waals surface area contributed by atoms with Crippen molar-refractivity contribution in [3.63, 3.8) is 0 Å². The number of amides is 2. The van der Waals surface area contributed by atoms with E-state index in [-0.39, 0.29) is 17.1 Å². The van der Waals surface area contributed by atoms with E-state index in [9.17, 15) is 14.7 Å². The molecule has 0 aliphatic rings. The number of benzene rings is 1. The molecule has 0 saturated heterocycles. The minimum Gasteiger partial charge on any atom is -0.504 e. The molecule has 0 heterocycles. The molecule has 0 aromatic heterocycles. The Labute approximate surface area is 169 Å². The first-order chi connectivity index (χ1) is 13.3. The van der Waals surface area contributed by atoms with Crippen LogP contribution < -0.4 is 15.6 Å². The third kappa shape index (κ3) is 9.45. The highest BCUT2D eigenvalue weighted by atomic mass is 16.6. The SMILES string of the molecule is COc1cc(C=NNC(=O)OC(C)(C)C)cc(C=NNC(=O)OC(C)(C)C)c1O. The molecule has 1 aromatic rings. The number of hydrazone groups is 2. The predicted octanol–water partition coefficient (Wildman–Crippen LogP) is 3.12. The van der Waals surface area contributed by atoms with E-state index in [1.165, 1.54) is 31.7 Å². The highest BCUT2D eigenvalue weighted by molar-refractivity contribution is 5.91. The third-order valence-corrected chi connectivity index (χ3v) is 2.87. The summed E-state index contributed by atoms with van der Waals surface area (Å²) in [5.74, 6) is -0.0237. The number of ether oxygens (including phenoxy) is 3. The van der Waals surface area contributed by atoms with Crippen LogP contribution in [0.1, 0.15) is 52.7 Å². The van der Waals surface area contributed by atoms with E-state index in [0.717, 1.165) is 0 Å². The monoisotopic (exact) mass is 408 g/mol. The number of carbonyl (C=O) groups is 2. The van der Waals surface area contributed by atoms with Crippen LogP contribution in [0.25, 0.3) is 0 Å². The van der Waals surface area contributed by atoms with Gasteiger partial charge >= 0.3 is 12.2 Å². The van der Waals surface area contributed by atoms with Crippen LogP contribution >= 0.6 is 0 Å². The summed E-state index contributed by atoms with van der Waals surface area (Å²) in [7, 11) is 1.38. The van der Waals surface area contributed by atoms with Gasteiger partial charge in [-0.3, -0.25) is 0 Å². The fraction of sp³-hybridized carbons (Fsp3) is 0.474. The van der Waals surface area contributed by atoms with Crippen molar-refractivity contribution in [1.82, 2.24) is 10.9 Å². The second-order valence-electron chi connectivity index (χ2n) is 7.90. The number of rotatable bonds is 5. The summed E-state index contributed by atoms with van der Waals surface area (Å²) >= 11 is 0. The first-order valence-electron chi connectivity index (χ1n) is 8.76. The average Bonchev–Trinajstić information content (AvgIpc) is 2.53. The van der Waals surface area contributed by atoms with Crippen LogP contribution in [0.15, 0.2) is 22.3 Å². The van der Waals surface area contributed by atoms with E-state index in [2.05, 4.69) is 21.1 Å². The van der Waals surface area contributed by atoms with Gasteiger partial charge in [0.25, 0.3) is 0 Å². The molecule has 0 spiro atoms. The second-order valence-corrected chi connectivity index (χ2v) is 7.90. The number of hydrogen-bond donors (Lipinski definition) is 3. The summed E-state index contributed by atoms with van der Waals surface area (Å²) in [6, 6.07) is 3.03. The summed E-state index contributed by atoms with van der Waals surface area (Å²) < 4.78 is 15.2. The Hall–Kier alpha value is -3.30. The van der Waals surface area contributed by atoms with E-state index < -0.39 is 23.4 Å². The molecule has 2 amide bonds. The van der Waals surface area contributed by atoms with Gasteiger partial charge in [0.2, 0.25) is 0 Å². The van der Waals surface area contributed by atoms with Gasteiger partial charge in [-0.25, -0.2) is 20.4 Å². The number of phenols is 1. The van der Waals surface area contributed by atoms with Gasteiger partial charge in [-0.2, -0.15) is 10.2 Å². The lowest BCUT2D eigenvalue weighted by Gasteiger charge is -2.18. The van der Waals surface area contributed by atoms with Gasteiger partial charge in [0.15, 0.2) is 11.5 Å². The molecule has 29 heavy (non-hydrogen) atoms. The van der Waals surface area contributed by atoms with Crippen LogP contribution in [0.5, 0.6) is 11.5 Å². The van der Waals surface area contributed by atoms with Gasteiger partial charge in [-0.15, -0.1) is 0 Å². The van der Waals surface area contributed by atoms with Crippen molar-refractivity contribution in [2.45, 2.75) is 52.7 Å². The van der Waals surface area contributed by atoms with Crippen LogP contribution in [-0.2, 0) is 9.47 Å². The molecule has 0 saturated carbocycles. The van der Waals surface area contributed by atoms with Crippen molar-refractivity contribution in [2.75, 3.05) is 7.11 Å². The lowest BCUT2D eigenvalue weighted by Crippen LogP contribution is -2.29. The Balaban J connectivity index is 2.89. The van der Waals surface area contributed by atoms with E-state index in [1.54, 1.807) is 41.5 Å². The summed E-state index contributed by atoms with van der Waals surface area (Å²) in [6.45, 7) is 10.4. The fourth-order valence-corrected chi connectivity index (χ4v) is 1.90. The van der Waals surface area contributed by atoms with Gasteiger partial charge in [0.1, 0.15) is 11.2 Å². The maximum Gasteiger partial charge on any atom is 0.428 e. The zero-order valence-corrected chi connectivity index (χ0v) is 17.7. The molecule has 1 rings (SSSR count). The highest BCUT2D eigenvalue weighted by Gasteiger charge is 2.16. The molecular weight excluding hydrogens is 380 g/mol. The van der Waals surface area contributed by atoms with Gasteiger partial charge in [0, 0.05) is 5.56 Å². The van der Waals surface area contributed by atoms with E-state index in [4.69, 9.17) is 14.2 Å². The van der Waals surface area contributed by atoms with E-state index >= 15 is 0 Å². The van der Waals surface area contributed by atoms with Crippen LogP contribution in [0.4, 0.5) is 9.59 Å². The Morgan fingerprint density at radius 1 is 0.931 bits per heavy atom. The Kier molecular flexibility index (Phi) is 7.99. The molecule has 10 heteroatoms. The number of aromatic hydroxyl groups is 1. The molecule has 0 atom stereocenters. The first-order valence-corrected chi connectivity index (χ1v) is 8.76. The fourth-order valence-electron chi connectivity index (χ4n) is 1.90. The van der Waals surface area contributed by atoms with Crippen molar-refractivity contribution in [1.29, 1.82) is 0 Å². The number of hydrogen-bond acceptors (Lipinski definition) is 8. The highest BCUT2D eigenvalue weighted by Crippen LogP contribution is 2.30. The van der Waals surface area contributed by atoms with Crippen LogP contribution in [0.2, 0.25) is 0 Å². The van der Waals surface area contributed by atoms with Gasteiger partial charge < -0.3 is 19.3 Å². The summed E-state index contributed by atoms with van der Waals surface area (Å²) in [6.07, 6.45) is 1.12. The second kappa shape index (κ2) is 9.76.